The summed E-state index contributed by atoms with van der Waals surface area (Å²) in [5.74, 6) is 0. The molecule has 0 aliphatic heterocycles. The minimum absolute atomic E-state index is 0.912. The molecule has 2 rings (SSSR count). The molecule has 0 N–H and O–H groups in total. The highest BCUT2D eigenvalue weighted by atomic mass is 35.5. The zero-order valence-corrected chi connectivity index (χ0v) is 9.14. The molecule has 14 heavy (non-hydrogen) atoms. The number of rotatable bonds is 1. The molecule has 0 heterocycles. The Morgan fingerprint density at radius 1 is 1.21 bits per heavy atom. The molecule has 0 saturated carbocycles. The highest BCUT2D eigenvalue weighted by Gasteiger charge is 2.15. The zero-order valence-electron chi connectivity index (χ0n) is 8.39. The Morgan fingerprint density at radius 3 is 2.64 bits per heavy atom. The summed E-state index contributed by atoms with van der Waals surface area (Å²) in [4.78, 5) is 4.38. The number of halogens is 1. The molecule has 1 aliphatic carbocycles. The van der Waals surface area contributed by atoms with Crippen LogP contribution in [0.1, 0.15) is 30.9 Å². The zero-order chi connectivity index (χ0) is 9.97. The van der Waals surface area contributed by atoms with Crippen LogP contribution in [0, 0.1) is 0 Å². The van der Waals surface area contributed by atoms with E-state index in [0.29, 0.717) is 0 Å². The lowest BCUT2D eigenvalue weighted by Crippen LogP contribution is -2.03. The summed E-state index contributed by atoms with van der Waals surface area (Å²) in [5, 5.41) is 0.912. The predicted molar refractivity (Wildman–Crippen MR) is 61.9 cm³/mol. The van der Waals surface area contributed by atoms with E-state index in [1.165, 1.54) is 24.0 Å². The fraction of sp³-hybridized carbons (Fsp3) is 0.417. The molecular weight excluding hydrogens is 194 g/mol. The van der Waals surface area contributed by atoms with Crippen molar-refractivity contribution in [2.24, 2.45) is 4.99 Å². The van der Waals surface area contributed by atoms with Crippen molar-refractivity contribution >= 4 is 23.5 Å². The standard InChI is InChI=1S/C12H14ClN/c1-2-14-12-8-7-11(13)9-5-3-4-6-10(9)12/h2,7-8H,3-6H2,1H3/b14-2-. The first-order valence-corrected chi connectivity index (χ1v) is 5.49. The number of fused-ring (bicyclic) bond motifs is 1. The summed E-state index contributed by atoms with van der Waals surface area (Å²) in [6.07, 6.45) is 6.60. The summed E-state index contributed by atoms with van der Waals surface area (Å²) < 4.78 is 0. The quantitative estimate of drug-likeness (QED) is 0.619. The van der Waals surface area contributed by atoms with Crippen molar-refractivity contribution in [1.29, 1.82) is 0 Å². The molecule has 0 unspecified atom stereocenters. The lowest BCUT2D eigenvalue weighted by molar-refractivity contribution is 0.686. The second-order valence-electron chi connectivity index (χ2n) is 3.62. The summed E-state index contributed by atoms with van der Waals surface area (Å²) in [7, 11) is 0. The third-order valence-electron chi connectivity index (χ3n) is 2.72. The van der Waals surface area contributed by atoms with Gasteiger partial charge in [-0.05, 0) is 55.9 Å². The largest absolute Gasteiger partial charge is 0.261 e. The second kappa shape index (κ2) is 4.14. The molecule has 2 heteroatoms. The Bertz CT molecular complexity index is 369. The highest BCUT2D eigenvalue weighted by molar-refractivity contribution is 6.31. The van der Waals surface area contributed by atoms with Gasteiger partial charge in [-0.25, -0.2) is 0 Å². The van der Waals surface area contributed by atoms with Gasteiger partial charge in [-0.15, -0.1) is 0 Å². The molecule has 1 nitrogen and oxygen atoms in total. The van der Waals surface area contributed by atoms with E-state index in [1.807, 2.05) is 25.3 Å². The molecule has 0 fully saturated rings. The van der Waals surface area contributed by atoms with Crippen LogP contribution in [0.5, 0.6) is 0 Å². The Kier molecular flexibility index (Phi) is 2.87. The summed E-state index contributed by atoms with van der Waals surface area (Å²) in [6.45, 7) is 1.95. The topological polar surface area (TPSA) is 12.4 Å². The minimum Gasteiger partial charge on any atom is -0.261 e. The molecule has 1 aliphatic rings. The number of benzene rings is 1. The number of hydrogen-bond donors (Lipinski definition) is 0. The van der Waals surface area contributed by atoms with Crippen LogP contribution in [0.4, 0.5) is 5.69 Å². The molecule has 0 spiro atoms. The summed E-state index contributed by atoms with van der Waals surface area (Å²) >= 11 is 6.16. The van der Waals surface area contributed by atoms with E-state index in [9.17, 15) is 0 Å². The van der Waals surface area contributed by atoms with Gasteiger partial charge in [0, 0.05) is 11.2 Å². The van der Waals surface area contributed by atoms with E-state index < -0.39 is 0 Å². The van der Waals surface area contributed by atoms with Crippen molar-refractivity contribution in [3.05, 3.63) is 28.3 Å². The maximum absolute atomic E-state index is 6.16. The summed E-state index contributed by atoms with van der Waals surface area (Å²) in [6, 6.07) is 3.99. The molecule has 0 amide bonds. The Balaban J connectivity index is 2.53. The molecule has 1 aromatic carbocycles. The number of nitrogens with zero attached hydrogens (tertiary/aromatic N) is 1. The van der Waals surface area contributed by atoms with E-state index >= 15 is 0 Å². The first kappa shape index (κ1) is 9.72. The SMILES string of the molecule is C/C=N\c1ccc(Cl)c2c1CCCC2. The lowest BCUT2D eigenvalue weighted by Gasteiger charge is -2.18. The molecule has 74 valence electrons. The van der Waals surface area contributed by atoms with Crippen LogP contribution >= 0.6 is 11.6 Å². The van der Waals surface area contributed by atoms with Gasteiger partial charge in [-0.1, -0.05) is 11.6 Å². The highest BCUT2D eigenvalue weighted by Crippen LogP contribution is 2.34. The van der Waals surface area contributed by atoms with Crippen LogP contribution in [0.2, 0.25) is 5.02 Å². The van der Waals surface area contributed by atoms with Crippen molar-refractivity contribution in [3.8, 4) is 0 Å². The van der Waals surface area contributed by atoms with Crippen LogP contribution in [0.3, 0.4) is 0 Å². The first-order chi connectivity index (χ1) is 6.83. The number of hydrogen-bond acceptors (Lipinski definition) is 1. The van der Waals surface area contributed by atoms with Crippen molar-refractivity contribution in [1.82, 2.24) is 0 Å². The normalized spacial score (nSPS) is 15.9. The van der Waals surface area contributed by atoms with Gasteiger partial charge in [0.2, 0.25) is 0 Å². The smallest absolute Gasteiger partial charge is 0.0661 e. The van der Waals surface area contributed by atoms with Crippen LogP contribution in [-0.4, -0.2) is 6.21 Å². The van der Waals surface area contributed by atoms with E-state index in [4.69, 9.17) is 11.6 Å². The molecule has 0 atom stereocenters. The van der Waals surface area contributed by atoms with Gasteiger partial charge in [0.25, 0.3) is 0 Å². The first-order valence-electron chi connectivity index (χ1n) is 5.12. The van der Waals surface area contributed by atoms with Gasteiger partial charge in [0.1, 0.15) is 0 Å². The Hall–Kier alpha value is -0.820. The van der Waals surface area contributed by atoms with Crippen LogP contribution < -0.4 is 0 Å². The third-order valence-corrected chi connectivity index (χ3v) is 3.08. The molecule has 0 radical (unpaired) electrons. The fourth-order valence-electron chi connectivity index (χ4n) is 2.06. The van der Waals surface area contributed by atoms with Crippen LogP contribution in [-0.2, 0) is 12.8 Å². The van der Waals surface area contributed by atoms with Crippen molar-refractivity contribution in [2.75, 3.05) is 0 Å². The van der Waals surface area contributed by atoms with E-state index in [2.05, 4.69) is 4.99 Å². The van der Waals surface area contributed by atoms with Gasteiger partial charge >= 0.3 is 0 Å². The van der Waals surface area contributed by atoms with E-state index in [-0.39, 0.29) is 0 Å². The van der Waals surface area contributed by atoms with E-state index in [1.54, 1.807) is 0 Å². The van der Waals surface area contributed by atoms with E-state index in [0.717, 1.165) is 23.6 Å². The average molecular weight is 208 g/mol. The van der Waals surface area contributed by atoms with Crippen molar-refractivity contribution in [2.45, 2.75) is 32.6 Å². The van der Waals surface area contributed by atoms with Gasteiger partial charge in [-0.2, -0.15) is 0 Å². The molecule has 0 bridgehead atoms. The Morgan fingerprint density at radius 2 is 1.93 bits per heavy atom. The predicted octanol–water partition coefficient (Wildman–Crippen LogP) is 3.94. The molecule has 0 saturated heterocycles. The maximum atomic E-state index is 6.16. The average Bonchev–Trinajstić information content (AvgIpc) is 2.23. The van der Waals surface area contributed by atoms with Crippen LogP contribution in [0.25, 0.3) is 0 Å². The van der Waals surface area contributed by atoms with Gasteiger partial charge < -0.3 is 0 Å². The van der Waals surface area contributed by atoms with Crippen molar-refractivity contribution < 1.29 is 0 Å². The third kappa shape index (κ3) is 1.69. The number of aliphatic imine (C=N–C) groups is 1. The van der Waals surface area contributed by atoms with Crippen molar-refractivity contribution in [3.63, 3.8) is 0 Å². The fourth-order valence-corrected chi connectivity index (χ4v) is 2.34. The monoisotopic (exact) mass is 207 g/mol. The second-order valence-corrected chi connectivity index (χ2v) is 4.03. The molecule has 1 aromatic rings. The maximum Gasteiger partial charge on any atom is 0.0661 e. The minimum atomic E-state index is 0.912. The van der Waals surface area contributed by atoms with Gasteiger partial charge in [0.15, 0.2) is 0 Å². The lowest BCUT2D eigenvalue weighted by atomic mass is 9.90. The van der Waals surface area contributed by atoms with Gasteiger partial charge in [0.05, 0.1) is 5.69 Å². The van der Waals surface area contributed by atoms with Crippen LogP contribution in [0.15, 0.2) is 17.1 Å². The van der Waals surface area contributed by atoms with Gasteiger partial charge in [-0.3, -0.25) is 4.99 Å². The Labute approximate surface area is 89.8 Å². The molecule has 0 aromatic heterocycles. The molecular formula is C12H14ClN. The summed E-state index contributed by atoms with van der Waals surface area (Å²) in [5.41, 5.74) is 3.79.